The van der Waals surface area contributed by atoms with Gasteiger partial charge < -0.3 is 5.32 Å². The van der Waals surface area contributed by atoms with Gasteiger partial charge >= 0.3 is 0 Å². The number of benzene rings is 3. The Bertz CT molecular complexity index is 1030. The number of carbonyl (C=O) groups is 1. The Labute approximate surface area is 146 Å². The van der Waals surface area contributed by atoms with Gasteiger partial charge in [0, 0.05) is 5.56 Å². The van der Waals surface area contributed by atoms with E-state index in [1.165, 1.54) is 24.3 Å². The fourth-order valence-corrected chi connectivity index (χ4v) is 3.15. The number of amides is 1. The summed E-state index contributed by atoms with van der Waals surface area (Å²) in [4.78, 5) is 12.3. The lowest BCUT2D eigenvalue weighted by atomic mass is 10.0. The highest BCUT2D eigenvalue weighted by molar-refractivity contribution is 7.89. The number of hydrogen-bond acceptors (Lipinski definition) is 3. The van der Waals surface area contributed by atoms with Crippen LogP contribution in [0.4, 0.5) is 0 Å². The molecule has 5 nitrogen and oxygen atoms in total. The molecule has 3 rings (SSSR count). The largest absolute Gasteiger partial charge is 0.346 e. The van der Waals surface area contributed by atoms with Crippen LogP contribution in [0.1, 0.15) is 28.9 Å². The highest BCUT2D eigenvalue weighted by Crippen LogP contribution is 2.20. The Morgan fingerprint density at radius 1 is 0.960 bits per heavy atom. The molecule has 0 radical (unpaired) electrons. The fourth-order valence-electron chi connectivity index (χ4n) is 2.64. The van der Waals surface area contributed by atoms with E-state index in [9.17, 15) is 13.2 Å². The summed E-state index contributed by atoms with van der Waals surface area (Å²) in [6.07, 6.45) is 0. The summed E-state index contributed by atoms with van der Waals surface area (Å²) in [6, 6.07) is 19.4. The van der Waals surface area contributed by atoms with Gasteiger partial charge in [0.05, 0.1) is 10.9 Å². The number of sulfonamides is 1. The molecule has 0 saturated carbocycles. The quantitative estimate of drug-likeness (QED) is 0.755. The SMILES string of the molecule is CC(NC(=O)c1ccc(S(N)(=O)=O)cc1)c1ccc2ccccc2c1. The molecule has 1 atom stereocenters. The second-order valence-electron chi connectivity index (χ2n) is 5.87. The Morgan fingerprint density at radius 3 is 2.24 bits per heavy atom. The molecule has 3 N–H and O–H groups in total. The van der Waals surface area contributed by atoms with Crippen molar-refractivity contribution in [2.75, 3.05) is 0 Å². The topological polar surface area (TPSA) is 89.3 Å². The predicted octanol–water partition coefficient (Wildman–Crippen LogP) is 2.98. The van der Waals surface area contributed by atoms with Crippen molar-refractivity contribution in [3.8, 4) is 0 Å². The highest BCUT2D eigenvalue weighted by Gasteiger charge is 2.13. The minimum atomic E-state index is -3.76. The van der Waals surface area contributed by atoms with Crippen molar-refractivity contribution < 1.29 is 13.2 Å². The second kappa shape index (κ2) is 6.66. The normalized spacial score (nSPS) is 12.7. The maximum atomic E-state index is 12.4. The number of hydrogen-bond donors (Lipinski definition) is 2. The lowest BCUT2D eigenvalue weighted by Crippen LogP contribution is -2.26. The summed E-state index contributed by atoms with van der Waals surface area (Å²) in [7, 11) is -3.76. The van der Waals surface area contributed by atoms with E-state index >= 15 is 0 Å². The number of primary sulfonamides is 1. The molecule has 1 amide bonds. The first kappa shape index (κ1) is 17.1. The van der Waals surface area contributed by atoms with Gasteiger partial charge in [0.1, 0.15) is 0 Å². The van der Waals surface area contributed by atoms with Crippen molar-refractivity contribution >= 4 is 26.7 Å². The van der Waals surface area contributed by atoms with Crippen molar-refractivity contribution in [3.05, 3.63) is 77.9 Å². The second-order valence-corrected chi connectivity index (χ2v) is 7.43. The van der Waals surface area contributed by atoms with Crippen molar-refractivity contribution in [3.63, 3.8) is 0 Å². The maximum absolute atomic E-state index is 12.4. The molecule has 0 bridgehead atoms. The zero-order valence-electron chi connectivity index (χ0n) is 13.6. The summed E-state index contributed by atoms with van der Waals surface area (Å²) in [5, 5.41) is 10.2. The van der Waals surface area contributed by atoms with E-state index in [-0.39, 0.29) is 16.8 Å². The summed E-state index contributed by atoms with van der Waals surface area (Å²) in [6.45, 7) is 1.90. The van der Waals surface area contributed by atoms with Crippen molar-refractivity contribution in [2.45, 2.75) is 17.9 Å². The Kier molecular flexibility index (Phi) is 4.57. The predicted molar refractivity (Wildman–Crippen MR) is 97.6 cm³/mol. The first-order valence-electron chi connectivity index (χ1n) is 7.77. The van der Waals surface area contributed by atoms with E-state index in [0.29, 0.717) is 5.56 Å². The zero-order chi connectivity index (χ0) is 18.0. The molecule has 0 aliphatic heterocycles. The van der Waals surface area contributed by atoms with Gasteiger partial charge in [-0.2, -0.15) is 0 Å². The number of nitrogens with one attached hydrogen (secondary N) is 1. The Hall–Kier alpha value is -2.70. The third-order valence-electron chi connectivity index (χ3n) is 4.07. The van der Waals surface area contributed by atoms with Crippen molar-refractivity contribution in [1.29, 1.82) is 0 Å². The zero-order valence-corrected chi connectivity index (χ0v) is 14.5. The third-order valence-corrected chi connectivity index (χ3v) is 5.00. The molecular formula is C19H18N2O3S. The molecule has 3 aromatic rings. The van der Waals surface area contributed by atoms with Crippen LogP contribution < -0.4 is 10.5 Å². The molecule has 0 aliphatic rings. The van der Waals surface area contributed by atoms with E-state index in [0.717, 1.165) is 16.3 Å². The van der Waals surface area contributed by atoms with Crippen LogP contribution in [0.2, 0.25) is 0 Å². The van der Waals surface area contributed by atoms with Crippen LogP contribution in [0.15, 0.2) is 71.6 Å². The van der Waals surface area contributed by atoms with Crippen LogP contribution in [0.5, 0.6) is 0 Å². The number of nitrogens with two attached hydrogens (primary N) is 1. The first-order valence-corrected chi connectivity index (χ1v) is 9.32. The average Bonchev–Trinajstić information content (AvgIpc) is 2.60. The van der Waals surface area contributed by atoms with Crippen LogP contribution in [0.3, 0.4) is 0 Å². The molecule has 25 heavy (non-hydrogen) atoms. The van der Waals surface area contributed by atoms with Gasteiger partial charge in [0.25, 0.3) is 5.91 Å². The Balaban J connectivity index is 1.77. The number of fused-ring (bicyclic) bond motifs is 1. The molecule has 0 aromatic heterocycles. The lowest BCUT2D eigenvalue weighted by Gasteiger charge is -2.15. The summed E-state index contributed by atoms with van der Waals surface area (Å²) < 4.78 is 22.5. The lowest BCUT2D eigenvalue weighted by molar-refractivity contribution is 0.0940. The molecular weight excluding hydrogens is 336 g/mol. The monoisotopic (exact) mass is 354 g/mol. The van der Waals surface area contributed by atoms with Gasteiger partial charge in [0.2, 0.25) is 10.0 Å². The van der Waals surface area contributed by atoms with Crippen LogP contribution in [0.25, 0.3) is 10.8 Å². The molecule has 128 valence electrons. The third kappa shape index (κ3) is 3.87. The minimum absolute atomic E-state index is 0.0216. The average molecular weight is 354 g/mol. The van der Waals surface area contributed by atoms with Gasteiger partial charge in [0.15, 0.2) is 0 Å². The molecule has 6 heteroatoms. The Morgan fingerprint density at radius 2 is 1.60 bits per heavy atom. The van der Waals surface area contributed by atoms with Crippen molar-refractivity contribution in [2.24, 2.45) is 5.14 Å². The maximum Gasteiger partial charge on any atom is 0.251 e. The molecule has 0 fully saturated rings. The van der Waals surface area contributed by atoms with Gasteiger partial charge in [-0.1, -0.05) is 36.4 Å². The van der Waals surface area contributed by atoms with E-state index < -0.39 is 10.0 Å². The molecule has 0 aliphatic carbocycles. The van der Waals surface area contributed by atoms with E-state index in [1.807, 2.05) is 49.4 Å². The first-order chi connectivity index (χ1) is 11.8. The van der Waals surface area contributed by atoms with Crippen LogP contribution in [0, 0.1) is 0 Å². The van der Waals surface area contributed by atoms with E-state index in [1.54, 1.807) is 0 Å². The smallest absolute Gasteiger partial charge is 0.251 e. The van der Waals surface area contributed by atoms with E-state index in [4.69, 9.17) is 5.14 Å². The summed E-state index contributed by atoms with van der Waals surface area (Å²) >= 11 is 0. The number of carbonyl (C=O) groups excluding carboxylic acids is 1. The molecule has 3 aromatic carbocycles. The number of rotatable bonds is 4. The van der Waals surface area contributed by atoms with Crippen molar-refractivity contribution in [1.82, 2.24) is 5.32 Å². The van der Waals surface area contributed by atoms with Gasteiger partial charge in [-0.25, -0.2) is 13.6 Å². The van der Waals surface area contributed by atoms with Crippen LogP contribution >= 0.6 is 0 Å². The molecule has 1 unspecified atom stereocenters. The molecule has 0 spiro atoms. The molecule has 0 saturated heterocycles. The van der Waals surface area contributed by atoms with Gasteiger partial charge in [-0.15, -0.1) is 0 Å². The highest BCUT2D eigenvalue weighted by atomic mass is 32.2. The van der Waals surface area contributed by atoms with Gasteiger partial charge in [-0.3, -0.25) is 4.79 Å². The van der Waals surface area contributed by atoms with Crippen LogP contribution in [-0.4, -0.2) is 14.3 Å². The molecule has 0 heterocycles. The summed E-state index contributed by atoms with van der Waals surface area (Å²) in [5.41, 5.74) is 1.37. The van der Waals surface area contributed by atoms with Gasteiger partial charge in [-0.05, 0) is 53.6 Å². The minimum Gasteiger partial charge on any atom is -0.346 e. The standard InChI is InChI=1S/C19H18N2O3S/c1-13(16-7-6-14-4-2-3-5-17(14)12-16)21-19(22)15-8-10-18(11-9-15)25(20,23)24/h2-13H,1H3,(H,21,22)(H2,20,23,24). The fraction of sp³-hybridized carbons (Fsp3) is 0.105. The summed E-state index contributed by atoms with van der Waals surface area (Å²) in [5.74, 6) is -0.276. The van der Waals surface area contributed by atoms with Crippen LogP contribution in [-0.2, 0) is 10.0 Å². The van der Waals surface area contributed by atoms with E-state index in [2.05, 4.69) is 5.32 Å².